The van der Waals surface area contributed by atoms with Crippen molar-refractivity contribution < 1.29 is 0 Å². The third-order valence-electron chi connectivity index (χ3n) is 4.97. The Bertz CT molecular complexity index is 636. The molecule has 3 heterocycles. The maximum absolute atomic E-state index is 4.79. The minimum Gasteiger partial charge on any atom is -0.317 e. The Morgan fingerprint density at radius 2 is 1.88 bits per heavy atom. The lowest BCUT2D eigenvalue weighted by Crippen LogP contribution is -2.47. The standard InChI is InChI=1S/C19H27N3S.2ClH/c1-15-4-5-18(21-12-15)19(7-9-20-10-8-19)14-22(3)13-17-16(2)6-11-23-17;;/h4-6,11-12,20H,7-10,13-14H2,1-3H3;2*1H. The maximum atomic E-state index is 4.79. The molecule has 0 amide bonds. The summed E-state index contributed by atoms with van der Waals surface area (Å²) in [6, 6.07) is 6.66. The smallest absolute Gasteiger partial charge is 0.0479 e. The van der Waals surface area contributed by atoms with Gasteiger partial charge in [0.15, 0.2) is 0 Å². The lowest BCUT2D eigenvalue weighted by molar-refractivity contribution is 0.192. The molecule has 1 aliphatic rings. The molecule has 0 aliphatic carbocycles. The van der Waals surface area contributed by atoms with Crippen LogP contribution in [0.15, 0.2) is 29.8 Å². The van der Waals surface area contributed by atoms with E-state index in [-0.39, 0.29) is 30.2 Å². The zero-order valence-corrected chi connectivity index (χ0v) is 17.7. The van der Waals surface area contributed by atoms with E-state index in [1.165, 1.54) is 21.7 Å². The second-order valence-electron chi connectivity index (χ2n) is 6.95. The SMILES string of the molecule is Cc1ccc(C2(CN(C)Cc3sccc3C)CCNCC2)nc1.Cl.Cl. The number of likely N-dealkylation sites (N-methyl/N-ethyl adjacent to an activating group) is 1. The Morgan fingerprint density at radius 3 is 2.44 bits per heavy atom. The van der Waals surface area contributed by atoms with E-state index in [0.717, 1.165) is 39.0 Å². The topological polar surface area (TPSA) is 28.2 Å². The van der Waals surface area contributed by atoms with E-state index >= 15 is 0 Å². The van der Waals surface area contributed by atoms with Crippen LogP contribution in [0.3, 0.4) is 0 Å². The highest BCUT2D eigenvalue weighted by molar-refractivity contribution is 7.10. The van der Waals surface area contributed by atoms with Crippen molar-refractivity contribution in [2.75, 3.05) is 26.7 Å². The summed E-state index contributed by atoms with van der Waals surface area (Å²) in [6.45, 7) is 8.59. The minimum absolute atomic E-state index is 0. The zero-order chi connectivity index (χ0) is 16.3. The summed E-state index contributed by atoms with van der Waals surface area (Å²) in [5.74, 6) is 0. The molecule has 1 fully saturated rings. The van der Waals surface area contributed by atoms with E-state index in [9.17, 15) is 0 Å². The molecule has 0 radical (unpaired) electrons. The van der Waals surface area contributed by atoms with Crippen LogP contribution in [0, 0.1) is 13.8 Å². The maximum Gasteiger partial charge on any atom is 0.0479 e. The number of aryl methyl sites for hydroxylation is 2. The molecule has 3 nitrogen and oxygen atoms in total. The summed E-state index contributed by atoms with van der Waals surface area (Å²) < 4.78 is 0. The van der Waals surface area contributed by atoms with E-state index in [1.807, 2.05) is 17.5 Å². The van der Waals surface area contributed by atoms with Gasteiger partial charge in [0.25, 0.3) is 0 Å². The number of halogens is 2. The summed E-state index contributed by atoms with van der Waals surface area (Å²) in [4.78, 5) is 8.75. The van der Waals surface area contributed by atoms with Crippen molar-refractivity contribution in [1.82, 2.24) is 15.2 Å². The lowest BCUT2D eigenvalue weighted by atomic mass is 9.75. The molecule has 2 aromatic rings. The van der Waals surface area contributed by atoms with E-state index < -0.39 is 0 Å². The summed E-state index contributed by atoms with van der Waals surface area (Å²) in [7, 11) is 2.25. The Labute approximate surface area is 168 Å². The summed E-state index contributed by atoms with van der Waals surface area (Å²) in [6.07, 6.45) is 4.34. The molecular formula is C19H29Cl2N3S. The first-order chi connectivity index (χ1) is 11.1. The third kappa shape index (κ3) is 5.41. The average Bonchev–Trinajstić information content (AvgIpc) is 2.93. The molecule has 2 aromatic heterocycles. The number of rotatable bonds is 5. The number of piperidine rings is 1. The Hall–Kier alpha value is -0.650. The molecule has 1 N–H and O–H groups in total. The van der Waals surface area contributed by atoms with Gasteiger partial charge >= 0.3 is 0 Å². The molecule has 3 rings (SSSR count). The monoisotopic (exact) mass is 401 g/mol. The van der Waals surface area contributed by atoms with Crippen molar-refractivity contribution in [2.24, 2.45) is 0 Å². The second kappa shape index (κ2) is 9.89. The van der Waals surface area contributed by atoms with E-state index in [2.05, 4.69) is 54.7 Å². The van der Waals surface area contributed by atoms with Crippen molar-refractivity contribution in [3.05, 3.63) is 51.5 Å². The molecule has 0 spiro atoms. The van der Waals surface area contributed by atoms with E-state index in [4.69, 9.17) is 4.98 Å². The fraction of sp³-hybridized carbons (Fsp3) is 0.526. The fourth-order valence-corrected chi connectivity index (χ4v) is 4.55. The lowest BCUT2D eigenvalue weighted by Gasteiger charge is -2.40. The number of aromatic nitrogens is 1. The van der Waals surface area contributed by atoms with Crippen LogP contribution >= 0.6 is 36.2 Å². The molecule has 140 valence electrons. The molecule has 0 unspecified atom stereocenters. The van der Waals surface area contributed by atoms with Gasteiger partial charge in [0.2, 0.25) is 0 Å². The van der Waals surface area contributed by atoms with Crippen LogP contribution in [0.5, 0.6) is 0 Å². The molecule has 6 heteroatoms. The van der Waals surface area contributed by atoms with Gasteiger partial charge in [-0.25, -0.2) is 0 Å². The molecule has 0 saturated carbocycles. The summed E-state index contributed by atoms with van der Waals surface area (Å²) in [5.41, 5.74) is 4.09. The number of hydrogen-bond donors (Lipinski definition) is 1. The van der Waals surface area contributed by atoms with Crippen molar-refractivity contribution in [3.63, 3.8) is 0 Å². The molecule has 1 aliphatic heterocycles. The van der Waals surface area contributed by atoms with Crippen molar-refractivity contribution in [1.29, 1.82) is 0 Å². The van der Waals surface area contributed by atoms with Crippen LogP contribution in [-0.2, 0) is 12.0 Å². The highest BCUT2D eigenvalue weighted by atomic mass is 35.5. The highest BCUT2D eigenvalue weighted by Gasteiger charge is 2.36. The van der Waals surface area contributed by atoms with Gasteiger partial charge in [-0.3, -0.25) is 4.98 Å². The number of pyridine rings is 1. The van der Waals surface area contributed by atoms with E-state index in [0.29, 0.717) is 0 Å². The van der Waals surface area contributed by atoms with Gasteiger partial charge in [-0.1, -0.05) is 6.07 Å². The summed E-state index contributed by atoms with van der Waals surface area (Å²) in [5, 5.41) is 5.70. The van der Waals surface area contributed by atoms with Crippen LogP contribution < -0.4 is 5.32 Å². The first-order valence-electron chi connectivity index (χ1n) is 8.44. The Kier molecular flexibility index (Phi) is 8.85. The van der Waals surface area contributed by atoms with Crippen LogP contribution in [-0.4, -0.2) is 36.6 Å². The molecule has 0 bridgehead atoms. The largest absolute Gasteiger partial charge is 0.317 e. The second-order valence-corrected chi connectivity index (χ2v) is 7.95. The molecule has 0 atom stereocenters. The van der Waals surface area contributed by atoms with Gasteiger partial charge in [-0.2, -0.15) is 0 Å². The summed E-state index contributed by atoms with van der Waals surface area (Å²) >= 11 is 1.87. The van der Waals surface area contributed by atoms with Gasteiger partial charge in [0, 0.05) is 35.3 Å². The van der Waals surface area contributed by atoms with Gasteiger partial charge < -0.3 is 10.2 Å². The van der Waals surface area contributed by atoms with Crippen LogP contribution in [0.2, 0.25) is 0 Å². The molecule has 0 aromatic carbocycles. The van der Waals surface area contributed by atoms with Gasteiger partial charge in [-0.05, 0) is 75.5 Å². The average molecular weight is 402 g/mol. The quantitative estimate of drug-likeness (QED) is 0.806. The highest BCUT2D eigenvalue weighted by Crippen LogP contribution is 2.33. The number of hydrogen-bond acceptors (Lipinski definition) is 4. The third-order valence-corrected chi connectivity index (χ3v) is 5.98. The number of nitrogens with zero attached hydrogens (tertiary/aromatic N) is 2. The van der Waals surface area contributed by atoms with Crippen LogP contribution in [0.25, 0.3) is 0 Å². The van der Waals surface area contributed by atoms with Gasteiger partial charge in [0.05, 0.1) is 0 Å². The number of nitrogens with one attached hydrogen (secondary N) is 1. The van der Waals surface area contributed by atoms with E-state index in [1.54, 1.807) is 0 Å². The van der Waals surface area contributed by atoms with Crippen LogP contribution in [0.4, 0.5) is 0 Å². The predicted octanol–water partition coefficient (Wildman–Crippen LogP) is 4.36. The first kappa shape index (κ1) is 22.4. The van der Waals surface area contributed by atoms with Crippen molar-refractivity contribution >= 4 is 36.2 Å². The molecule has 1 saturated heterocycles. The molecular weight excluding hydrogens is 373 g/mol. The normalized spacial score (nSPS) is 16.2. The number of thiophene rings is 1. The van der Waals surface area contributed by atoms with Crippen molar-refractivity contribution in [3.8, 4) is 0 Å². The molecule has 25 heavy (non-hydrogen) atoms. The predicted molar refractivity (Wildman–Crippen MR) is 113 cm³/mol. The Balaban J connectivity index is 0.00000156. The van der Waals surface area contributed by atoms with Crippen LogP contribution in [0.1, 0.15) is 34.5 Å². The Morgan fingerprint density at radius 1 is 1.16 bits per heavy atom. The fourth-order valence-electron chi connectivity index (χ4n) is 3.57. The zero-order valence-electron chi connectivity index (χ0n) is 15.2. The minimum atomic E-state index is 0. The first-order valence-corrected chi connectivity index (χ1v) is 9.32. The van der Waals surface area contributed by atoms with Crippen molar-refractivity contribution in [2.45, 2.75) is 38.6 Å². The van der Waals surface area contributed by atoms with Gasteiger partial charge in [0.1, 0.15) is 0 Å². The van der Waals surface area contributed by atoms with Gasteiger partial charge in [-0.15, -0.1) is 36.2 Å².